The minimum Gasteiger partial charge on any atom is -0.408 e. The average molecular weight is 480 g/mol. The summed E-state index contributed by atoms with van der Waals surface area (Å²) in [5.41, 5.74) is 5.27. The Kier molecular flexibility index (Phi) is 7.67. The van der Waals surface area contributed by atoms with Crippen LogP contribution in [0, 0.1) is 5.92 Å². The fraction of sp³-hybridized carbons (Fsp3) is 0.636. The fourth-order valence-electron chi connectivity index (χ4n) is 4.96. The number of hydrogen-bond acceptors (Lipinski definition) is 7. The summed E-state index contributed by atoms with van der Waals surface area (Å²) in [6.07, 6.45) is 3.77. The third-order valence-electron chi connectivity index (χ3n) is 6.67. The molecule has 0 spiro atoms. The SMILES string of the molecule is NC(=O)Oc1cnc(Cl)cc1C(=O)N1CCC(N2CCCC(C(=O)N3CCOCC3)C2)CC1. The summed E-state index contributed by atoms with van der Waals surface area (Å²) in [6.45, 7) is 5.46. The summed E-state index contributed by atoms with van der Waals surface area (Å²) in [6, 6.07) is 1.72. The molecule has 0 bridgehead atoms. The molecule has 3 fully saturated rings. The number of aromatic nitrogens is 1. The number of primary amides is 1. The number of carbonyl (C=O) groups excluding carboxylic acids is 3. The van der Waals surface area contributed by atoms with Gasteiger partial charge in [-0.2, -0.15) is 0 Å². The predicted octanol–water partition coefficient (Wildman–Crippen LogP) is 1.37. The molecule has 4 heterocycles. The third-order valence-corrected chi connectivity index (χ3v) is 6.87. The lowest BCUT2D eigenvalue weighted by molar-refractivity contribution is -0.141. The van der Waals surface area contributed by atoms with Crippen molar-refractivity contribution in [2.75, 3.05) is 52.5 Å². The van der Waals surface area contributed by atoms with Gasteiger partial charge in [0.05, 0.1) is 30.9 Å². The van der Waals surface area contributed by atoms with Crippen molar-refractivity contribution in [2.24, 2.45) is 11.7 Å². The number of amides is 3. The number of morpholine rings is 1. The summed E-state index contributed by atoms with van der Waals surface area (Å²) in [4.78, 5) is 47.2. The van der Waals surface area contributed by atoms with Crippen LogP contribution in [-0.4, -0.2) is 96.1 Å². The molecule has 0 aromatic carbocycles. The summed E-state index contributed by atoms with van der Waals surface area (Å²) >= 11 is 5.96. The number of nitrogens with zero attached hydrogens (tertiary/aromatic N) is 4. The zero-order valence-corrected chi connectivity index (χ0v) is 19.3. The second kappa shape index (κ2) is 10.7. The monoisotopic (exact) mass is 479 g/mol. The smallest absolute Gasteiger partial charge is 0.408 e. The molecule has 3 saturated heterocycles. The first-order valence-electron chi connectivity index (χ1n) is 11.4. The number of halogens is 1. The number of ether oxygens (including phenoxy) is 2. The van der Waals surface area contributed by atoms with Crippen LogP contribution in [-0.2, 0) is 9.53 Å². The molecule has 2 N–H and O–H groups in total. The minimum atomic E-state index is -1.02. The summed E-state index contributed by atoms with van der Waals surface area (Å²) in [5.74, 6) is 0.00340. The van der Waals surface area contributed by atoms with Crippen LogP contribution in [0.15, 0.2) is 12.3 Å². The van der Waals surface area contributed by atoms with Crippen molar-refractivity contribution in [3.05, 3.63) is 23.0 Å². The number of pyridine rings is 1. The number of likely N-dealkylation sites (tertiary alicyclic amines) is 2. The lowest BCUT2D eigenvalue weighted by Gasteiger charge is -2.43. The van der Waals surface area contributed by atoms with Crippen molar-refractivity contribution in [2.45, 2.75) is 31.7 Å². The highest BCUT2D eigenvalue weighted by Crippen LogP contribution is 2.28. The summed E-state index contributed by atoms with van der Waals surface area (Å²) in [5, 5.41) is 0.134. The van der Waals surface area contributed by atoms with Crippen LogP contribution in [0.5, 0.6) is 5.75 Å². The van der Waals surface area contributed by atoms with Crippen molar-refractivity contribution in [1.29, 1.82) is 0 Å². The summed E-state index contributed by atoms with van der Waals surface area (Å²) < 4.78 is 10.3. The zero-order valence-electron chi connectivity index (χ0n) is 18.6. The number of rotatable bonds is 4. The van der Waals surface area contributed by atoms with Crippen molar-refractivity contribution in [3.8, 4) is 5.75 Å². The van der Waals surface area contributed by atoms with Gasteiger partial charge in [0.2, 0.25) is 5.91 Å². The van der Waals surface area contributed by atoms with Gasteiger partial charge < -0.3 is 25.0 Å². The van der Waals surface area contributed by atoms with Gasteiger partial charge in [-0.15, -0.1) is 0 Å². The van der Waals surface area contributed by atoms with E-state index in [1.54, 1.807) is 4.90 Å². The largest absolute Gasteiger partial charge is 0.410 e. The van der Waals surface area contributed by atoms with E-state index in [1.807, 2.05) is 4.90 Å². The van der Waals surface area contributed by atoms with Crippen molar-refractivity contribution in [1.82, 2.24) is 19.7 Å². The van der Waals surface area contributed by atoms with E-state index in [0.29, 0.717) is 45.4 Å². The van der Waals surface area contributed by atoms with Crippen LogP contribution in [0.2, 0.25) is 5.15 Å². The highest BCUT2D eigenvalue weighted by molar-refractivity contribution is 6.29. The normalized spacial score (nSPS) is 22.8. The molecule has 180 valence electrons. The number of nitrogens with two attached hydrogens (primary N) is 1. The first kappa shape index (κ1) is 23.7. The highest BCUT2D eigenvalue weighted by Gasteiger charge is 2.35. The molecule has 10 nitrogen and oxygen atoms in total. The van der Waals surface area contributed by atoms with E-state index in [-0.39, 0.29) is 34.2 Å². The van der Waals surface area contributed by atoms with Gasteiger partial charge in [-0.05, 0) is 38.3 Å². The van der Waals surface area contributed by atoms with Crippen LogP contribution in [0.4, 0.5) is 4.79 Å². The predicted molar refractivity (Wildman–Crippen MR) is 120 cm³/mol. The Morgan fingerprint density at radius 2 is 1.79 bits per heavy atom. The molecule has 33 heavy (non-hydrogen) atoms. The molecule has 0 saturated carbocycles. The van der Waals surface area contributed by atoms with Gasteiger partial charge in [0.25, 0.3) is 5.91 Å². The quantitative estimate of drug-likeness (QED) is 0.648. The number of hydrogen-bond donors (Lipinski definition) is 1. The maximum atomic E-state index is 13.1. The topological polar surface area (TPSA) is 118 Å². The Morgan fingerprint density at radius 3 is 2.48 bits per heavy atom. The van der Waals surface area contributed by atoms with E-state index in [2.05, 4.69) is 9.88 Å². The molecule has 1 aromatic heterocycles. The molecule has 0 aliphatic carbocycles. The van der Waals surface area contributed by atoms with Gasteiger partial charge in [0, 0.05) is 38.8 Å². The van der Waals surface area contributed by atoms with E-state index in [0.717, 1.165) is 38.8 Å². The van der Waals surface area contributed by atoms with Crippen LogP contribution in [0.3, 0.4) is 0 Å². The Bertz CT molecular complexity index is 886. The van der Waals surface area contributed by atoms with E-state index in [1.165, 1.54) is 12.3 Å². The molecular formula is C22H30ClN5O5. The first-order valence-corrected chi connectivity index (χ1v) is 11.8. The van der Waals surface area contributed by atoms with Crippen LogP contribution in [0.1, 0.15) is 36.0 Å². The van der Waals surface area contributed by atoms with E-state index >= 15 is 0 Å². The van der Waals surface area contributed by atoms with Crippen LogP contribution >= 0.6 is 11.6 Å². The van der Waals surface area contributed by atoms with Gasteiger partial charge in [-0.3, -0.25) is 14.5 Å². The van der Waals surface area contributed by atoms with Gasteiger partial charge in [0.1, 0.15) is 5.15 Å². The van der Waals surface area contributed by atoms with E-state index in [9.17, 15) is 14.4 Å². The second-order valence-corrected chi connectivity index (χ2v) is 9.11. The molecule has 3 aliphatic heterocycles. The van der Waals surface area contributed by atoms with Crippen LogP contribution in [0.25, 0.3) is 0 Å². The number of piperidine rings is 2. The van der Waals surface area contributed by atoms with Crippen molar-refractivity contribution >= 4 is 29.5 Å². The standard InChI is InChI=1S/C22H30ClN5O5/c23-19-12-17(18(13-25-19)33-22(24)31)21(30)26-6-3-16(4-7-26)28-5-1-2-15(14-28)20(29)27-8-10-32-11-9-27/h12-13,15-16H,1-11,14H2,(H2,24,31). The molecule has 3 aliphatic rings. The minimum absolute atomic E-state index is 0.000444. The lowest BCUT2D eigenvalue weighted by Crippen LogP contribution is -2.53. The molecule has 1 aromatic rings. The molecular weight excluding hydrogens is 450 g/mol. The van der Waals surface area contributed by atoms with Gasteiger partial charge in [-0.1, -0.05) is 11.6 Å². The number of carbonyl (C=O) groups is 3. The molecule has 1 unspecified atom stereocenters. The van der Waals surface area contributed by atoms with E-state index < -0.39 is 6.09 Å². The first-order chi connectivity index (χ1) is 15.9. The maximum Gasteiger partial charge on any atom is 0.410 e. The summed E-state index contributed by atoms with van der Waals surface area (Å²) in [7, 11) is 0. The zero-order chi connectivity index (χ0) is 23.4. The molecule has 0 radical (unpaired) electrons. The Hall–Kier alpha value is -2.43. The second-order valence-electron chi connectivity index (χ2n) is 8.72. The molecule has 4 rings (SSSR count). The van der Waals surface area contributed by atoms with Gasteiger partial charge >= 0.3 is 6.09 Å². The lowest BCUT2D eigenvalue weighted by atomic mass is 9.92. The Morgan fingerprint density at radius 1 is 1.06 bits per heavy atom. The Labute approximate surface area is 197 Å². The average Bonchev–Trinajstić information content (AvgIpc) is 2.84. The third kappa shape index (κ3) is 5.74. The van der Waals surface area contributed by atoms with Crippen molar-refractivity contribution < 1.29 is 23.9 Å². The molecule has 11 heteroatoms. The highest BCUT2D eigenvalue weighted by atomic mass is 35.5. The Balaban J connectivity index is 1.34. The van der Waals surface area contributed by atoms with Crippen molar-refractivity contribution in [3.63, 3.8) is 0 Å². The molecule has 3 amide bonds. The van der Waals surface area contributed by atoms with Gasteiger partial charge in [-0.25, -0.2) is 9.78 Å². The van der Waals surface area contributed by atoms with Crippen LogP contribution < -0.4 is 10.5 Å². The van der Waals surface area contributed by atoms with E-state index in [4.69, 9.17) is 26.8 Å². The maximum absolute atomic E-state index is 13.1. The molecule has 1 atom stereocenters. The van der Waals surface area contributed by atoms with Gasteiger partial charge in [0.15, 0.2) is 5.75 Å². The fourth-order valence-corrected chi connectivity index (χ4v) is 5.12.